The zero-order valence-corrected chi connectivity index (χ0v) is 12.1. The Morgan fingerprint density at radius 3 is 2.82 bits per heavy atom. The highest BCUT2D eigenvalue weighted by Crippen LogP contribution is 2.27. The molecule has 0 radical (unpaired) electrons. The molecule has 0 saturated carbocycles. The monoisotopic (exact) mass is 333 g/mol. The van der Waals surface area contributed by atoms with E-state index in [0.717, 1.165) is 18.2 Å². The molecule has 5 nitrogen and oxygen atoms in total. The van der Waals surface area contributed by atoms with Crippen LogP contribution in [-0.2, 0) is 11.3 Å². The highest BCUT2D eigenvalue weighted by molar-refractivity contribution is 6.31. The van der Waals surface area contributed by atoms with Gasteiger partial charge in [-0.15, -0.1) is 0 Å². The lowest BCUT2D eigenvalue weighted by molar-refractivity contribution is -0.117. The second-order valence-corrected chi connectivity index (χ2v) is 4.71. The van der Waals surface area contributed by atoms with Gasteiger partial charge in [-0.05, 0) is 19.1 Å². The Hall–Kier alpha value is -2.22. The van der Waals surface area contributed by atoms with Gasteiger partial charge in [0.25, 0.3) is 0 Å². The summed E-state index contributed by atoms with van der Waals surface area (Å²) < 4.78 is 43.2. The standard InChI is InChI=1S/C13H11ClF3N3O2/c1-7-9(14)5-18-20(7)6-12(21)19-10-3-2-8(15)4-11(10)22-13(16)17/h2-5,13H,6H2,1H3,(H,19,21). The average molecular weight is 334 g/mol. The predicted molar refractivity (Wildman–Crippen MR) is 73.6 cm³/mol. The third-order valence-corrected chi connectivity index (χ3v) is 3.14. The first kappa shape index (κ1) is 16.2. The normalized spacial score (nSPS) is 10.8. The number of anilines is 1. The number of benzene rings is 1. The molecule has 0 fully saturated rings. The SMILES string of the molecule is Cc1c(Cl)cnn1CC(=O)Nc1ccc(F)cc1OC(F)F. The first-order valence-corrected chi connectivity index (χ1v) is 6.46. The van der Waals surface area contributed by atoms with Gasteiger partial charge in [0.05, 0.1) is 22.6 Å². The van der Waals surface area contributed by atoms with Crippen molar-refractivity contribution in [2.45, 2.75) is 20.1 Å². The van der Waals surface area contributed by atoms with E-state index in [-0.39, 0.29) is 12.2 Å². The minimum absolute atomic E-state index is 0.0670. The van der Waals surface area contributed by atoms with E-state index >= 15 is 0 Å². The van der Waals surface area contributed by atoms with E-state index in [1.807, 2.05) is 0 Å². The maximum atomic E-state index is 13.1. The van der Waals surface area contributed by atoms with Crippen LogP contribution in [0, 0.1) is 12.7 Å². The molecule has 0 bridgehead atoms. The van der Waals surface area contributed by atoms with Gasteiger partial charge < -0.3 is 10.1 Å². The van der Waals surface area contributed by atoms with Crippen molar-refractivity contribution in [1.82, 2.24) is 9.78 Å². The molecule has 0 unspecified atom stereocenters. The van der Waals surface area contributed by atoms with Crippen molar-refractivity contribution < 1.29 is 22.7 Å². The largest absolute Gasteiger partial charge is 0.432 e. The van der Waals surface area contributed by atoms with Crippen molar-refractivity contribution in [2.24, 2.45) is 0 Å². The molecule has 2 aromatic rings. The minimum Gasteiger partial charge on any atom is -0.432 e. The highest BCUT2D eigenvalue weighted by Gasteiger charge is 2.14. The van der Waals surface area contributed by atoms with Gasteiger partial charge in [0, 0.05) is 6.07 Å². The second-order valence-electron chi connectivity index (χ2n) is 4.30. The Labute approximate surface area is 128 Å². The zero-order valence-electron chi connectivity index (χ0n) is 11.3. The molecule has 0 saturated heterocycles. The molecule has 0 spiro atoms. The van der Waals surface area contributed by atoms with Crippen LogP contribution < -0.4 is 10.1 Å². The van der Waals surface area contributed by atoms with Crippen molar-refractivity contribution in [3.05, 3.63) is 40.9 Å². The first-order valence-electron chi connectivity index (χ1n) is 6.09. The number of aromatic nitrogens is 2. The van der Waals surface area contributed by atoms with Crippen LogP contribution in [0.1, 0.15) is 5.69 Å². The first-order chi connectivity index (χ1) is 10.4. The summed E-state index contributed by atoms with van der Waals surface area (Å²) in [5, 5.41) is 6.65. The number of carbonyl (C=O) groups is 1. The minimum atomic E-state index is -3.13. The second kappa shape index (κ2) is 6.69. The summed E-state index contributed by atoms with van der Waals surface area (Å²) in [6.45, 7) is -1.64. The van der Waals surface area contributed by atoms with Crippen molar-refractivity contribution >= 4 is 23.2 Å². The Morgan fingerprint density at radius 2 is 2.23 bits per heavy atom. The number of hydrogen-bond donors (Lipinski definition) is 1. The molecular formula is C13H11ClF3N3O2. The van der Waals surface area contributed by atoms with Crippen LogP contribution in [0.25, 0.3) is 0 Å². The van der Waals surface area contributed by atoms with Gasteiger partial charge in [0.15, 0.2) is 5.75 Å². The van der Waals surface area contributed by atoms with E-state index in [2.05, 4.69) is 15.2 Å². The van der Waals surface area contributed by atoms with Crippen LogP contribution in [-0.4, -0.2) is 22.3 Å². The molecule has 0 atom stereocenters. The Balaban J connectivity index is 2.12. The lowest BCUT2D eigenvalue weighted by Gasteiger charge is -2.12. The lowest BCUT2D eigenvalue weighted by atomic mass is 10.3. The van der Waals surface area contributed by atoms with Gasteiger partial charge in [-0.2, -0.15) is 13.9 Å². The maximum Gasteiger partial charge on any atom is 0.387 e. The van der Waals surface area contributed by atoms with Crippen molar-refractivity contribution in [3.63, 3.8) is 0 Å². The molecule has 22 heavy (non-hydrogen) atoms. The van der Waals surface area contributed by atoms with Crippen LogP contribution in [0.4, 0.5) is 18.9 Å². The van der Waals surface area contributed by atoms with Crippen molar-refractivity contribution in [3.8, 4) is 5.75 Å². The van der Waals surface area contributed by atoms with Gasteiger partial charge in [-0.25, -0.2) is 4.39 Å². The summed E-state index contributed by atoms with van der Waals surface area (Å²) in [4.78, 5) is 11.9. The van der Waals surface area contributed by atoms with Crippen LogP contribution in [0.2, 0.25) is 5.02 Å². The number of rotatable bonds is 5. The number of nitrogens with zero attached hydrogens (tertiary/aromatic N) is 2. The molecular weight excluding hydrogens is 323 g/mol. The summed E-state index contributed by atoms with van der Waals surface area (Å²) in [6, 6.07) is 2.91. The highest BCUT2D eigenvalue weighted by atomic mass is 35.5. The van der Waals surface area contributed by atoms with Crippen LogP contribution >= 0.6 is 11.6 Å². The number of halogens is 4. The molecule has 1 amide bonds. The fourth-order valence-electron chi connectivity index (χ4n) is 1.70. The number of alkyl halides is 2. The summed E-state index contributed by atoms with van der Waals surface area (Å²) in [5.74, 6) is -1.77. The predicted octanol–water partition coefficient (Wildman–Crippen LogP) is 3.22. The number of hydrogen-bond acceptors (Lipinski definition) is 3. The van der Waals surface area contributed by atoms with E-state index in [4.69, 9.17) is 11.6 Å². The van der Waals surface area contributed by atoms with E-state index < -0.39 is 24.1 Å². The van der Waals surface area contributed by atoms with Crippen molar-refractivity contribution in [2.75, 3.05) is 5.32 Å². The van der Waals surface area contributed by atoms with Gasteiger partial charge in [0.1, 0.15) is 12.4 Å². The molecule has 0 aliphatic heterocycles. The van der Waals surface area contributed by atoms with Crippen LogP contribution in [0.3, 0.4) is 0 Å². The maximum absolute atomic E-state index is 13.1. The Morgan fingerprint density at radius 1 is 1.50 bits per heavy atom. The number of nitrogens with one attached hydrogen (secondary N) is 1. The topological polar surface area (TPSA) is 56.2 Å². The van der Waals surface area contributed by atoms with Crippen LogP contribution in [0.5, 0.6) is 5.75 Å². The molecule has 118 valence electrons. The number of amides is 1. The van der Waals surface area contributed by atoms with Gasteiger partial charge >= 0.3 is 6.61 Å². The Kier molecular flexibility index (Phi) is 4.92. The summed E-state index contributed by atoms with van der Waals surface area (Å²) in [6.07, 6.45) is 1.38. The van der Waals surface area contributed by atoms with E-state index in [9.17, 15) is 18.0 Å². The third kappa shape index (κ3) is 3.91. The molecule has 2 rings (SSSR count). The zero-order chi connectivity index (χ0) is 16.3. The molecule has 0 aliphatic carbocycles. The molecule has 9 heteroatoms. The van der Waals surface area contributed by atoms with Crippen LogP contribution in [0.15, 0.2) is 24.4 Å². The summed E-state index contributed by atoms with van der Waals surface area (Å²) in [5.41, 5.74) is 0.516. The summed E-state index contributed by atoms with van der Waals surface area (Å²) in [7, 11) is 0. The molecule has 0 aliphatic rings. The lowest BCUT2D eigenvalue weighted by Crippen LogP contribution is -2.21. The van der Waals surface area contributed by atoms with E-state index in [0.29, 0.717) is 10.7 Å². The quantitative estimate of drug-likeness (QED) is 0.914. The number of ether oxygens (including phenoxy) is 1. The van der Waals surface area contributed by atoms with Crippen molar-refractivity contribution in [1.29, 1.82) is 0 Å². The molecule has 1 aromatic carbocycles. The smallest absolute Gasteiger partial charge is 0.387 e. The number of carbonyl (C=O) groups excluding carboxylic acids is 1. The molecule has 1 heterocycles. The van der Waals surface area contributed by atoms with E-state index in [1.54, 1.807) is 6.92 Å². The average Bonchev–Trinajstić information content (AvgIpc) is 2.73. The molecule has 1 aromatic heterocycles. The van der Waals surface area contributed by atoms with Gasteiger partial charge in [-0.1, -0.05) is 11.6 Å². The third-order valence-electron chi connectivity index (χ3n) is 2.77. The fourth-order valence-corrected chi connectivity index (χ4v) is 1.84. The van der Waals surface area contributed by atoms with Gasteiger partial charge in [0.2, 0.25) is 5.91 Å². The Bertz CT molecular complexity index is 691. The summed E-state index contributed by atoms with van der Waals surface area (Å²) >= 11 is 5.81. The van der Waals surface area contributed by atoms with Gasteiger partial charge in [-0.3, -0.25) is 9.48 Å². The van der Waals surface area contributed by atoms with E-state index in [1.165, 1.54) is 10.9 Å². The molecule has 1 N–H and O–H groups in total. The fraction of sp³-hybridized carbons (Fsp3) is 0.231.